The van der Waals surface area contributed by atoms with Crippen molar-refractivity contribution in [3.63, 3.8) is 0 Å². The summed E-state index contributed by atoms with van der Waals surface area (Å²) in [6, 6.07) is 13.1. The van der Waals surface area contributed by atoms with E-state index in [-0.39, 0.29) is 35.0 Å². The van der Waals surface area contributed by atoms with Gasteiger partial charge in [-0.25, -0.2) is 0 Å². The molecule has 3 aliphatic rings. The number of halogens is 1. The van der Waals surface area contributed by atoms with E-state index in [1.54, 1.807) is 15.9 Å². The lowest BCUT2D eigenvalue weighted by molar-refractivity contribution is -0.148. The van der Waals surface area contributed by atoms with Crippen LogP contribution in [0.5, 0.6) is 0 Å². The molecule has 2 aromatic carbocycles. The van der Waals surface area contributed by atoms with E-state index in [2.05, 4.69) is 22.5 Å². The molecule has 1 spiro atoms. The van der Waals surface area contributed by atoms with E-state index in [1.165, 1.54) is 11.8 Å². The average Bonchev–Trinajstić information content (AvgIpc) is 3.50. The van der Waals surface area contributed by atoms with Crippen LogP contribution in [0.4, 0.5) is 5.69 Å². The zero-order valence-corrected chi connectivity index (χ0v) is 23.6. The fourth-order valence-electron chi connectivity index (χ4n) is 6.62. The molecule has 3 unspecified atom stereocenters. The van der Waals surface area contributed by atoms with Crippen LogP contribution in [0.2, 0.25) is 0 Å². The number of aliphatic hydroxyl groups excluding tert-OH is 1. The fourth-order valence-corrected chi connectivity index (χ4v) is 10.2. The Kier molecular flexibility index (Phi) is 7.89. The topological polar surface area (TPSA) is 98.2 Å². The molecule has 5 rings (SSSR count). The van der Waals surface area contributed by atoms with Crippen LogP contribution in [0.3, 0.4) is 0 Å². The predicted octanol–water partition coefficient (Wildman–Crippen LogP) is 4.46. The number of aliphatic hydroxyl groups is 1. The molecule has 0 radical (unpaired) electrons. The molecule has 3 fully saturated rings. The largest absolute Gasteiger partial charge is 0.481 e. The lowest BCUT2D eigenvalue weighted by atomic mass is 9.71. The number of hydrogen-bond acceptors (Lipinski definition) is 5. The maximum absolute atomic E-state index is 14.5. The van der Waals surface area contributed by atoms with E-state index < -0.39 is 28.6 Å². The first-order valence-corrected chi connectivity index (χ1v) is 15.0. The lowest BCUT2D eigenvalue weighted by Crippen LogP contribution is -2.55. The number of carbonyl (C=O) groups is 3. The number of anilines is 1. The summed E-state index contributed by atoms with van der Waals surface area (Å²) in [5, 5.41) is 21.1. The Morgan fingerprint density at radius 3 is 2.61 bits per heavy atom. The van der Waals surface area contributed by atoms with Crippen molar-refractivity contribution < 1.29 is 24.6 Å². The lowest BCUT2D eigenvalue weighted by Gasteiger charge is -2.37. The van der Waals surface area contributed by atoms with Crippen molar-refractivity contribution in [3.8, 4) is 0 Å². The van der Waals surface area contributed by atoms with Gasteiger partial charge in [0.2, 0.25) is 5.91 Å². The van der Waals surface area contributed by atoms with Gasteiger partial charge >= 0.3 is 5.97 Å². The number of nitrogens with zero attached hydrogens (tertiary/aromatic N) is 2. The van der Waals surface area contributed by atoms with Crippen LogP contribution in [0.1, 0.15) is 32.1 Å². The SMILES string of the molecule is C=CCN(C(=O)C1N(CCCCCCO)C(=O)[C@@H]2[C@@H](C(=O)O)[C@@H]3SC12CC3Br)c1ccc2ccccc2c1. The number of aliphatic carboxylic acids is 1. The van der Waals surface area contributed by atoms with Crippen molar-refractivity contribution in [1.82, 2.24) is 4.90 Å². The van der Waals surface area contributed by atoms with Gasteiger partial charge in [-0.15, -0.1) is 18.3 Å². The summed E-state index contributed by atoms with van der Waals surface area (Å²) in [5.41, 5.74) is 0.728. The highest BCUT2D eigenvalue weighted by molar-refractivity contribution is 9.09. The molecule has 2 aromatic rings. The number of rotatable bonds is 11. The van der Waals surface area contributed by atoms with Gasteiger partial charge in [0.25, 0.3) is 5.91 Å². The van der Waals surface area contributed by atoms with E-state index in [9.17, 15) is 19.5 Å². The summed E-state index contributed by atoms with van der Waals surface area (Å²) in [6.07, 6.45) is 5.30. The molecular formula is C29H33BrN2O5S. The molecule has 3 heterocycles. The second-order valence-electron chi connectivity index (χ2n) is 10.4. The first-order chi connectivity index (χ1) is 18.3. The van der Waals surface area contributed by atoms with Crippen LogP contribution in [0.15, 0.2) is 55.1 Å². The molecule has 2 amide bonds. The van der Waals surface area contributed by atoms with Gasteiger partial charge in [-0.1, -0.05) is 65.2 Å². The number of unbranched alkanes of at least 4 members (excludes halogenated alkanes) is 3. The Balaban J connectivity index is 1.53. The molecule has 6 atom stereocenters. The molecule has 0 saturated carbocycles. The third-order valence-corrected chi connectivity index (χ3v) is 11.5. The highest BCUT2D eigenvalue weighted by Crippen LogP contribution is 2.67. The molecule has 202 valence electrons. The van der Waals surface area contributed by atoms with Gasteiger partial charge in [-0.2, -0.15) is 0 Å². The minimum absolute atomic E-state index is 0.0778. The van der Waals surface area contributed by atoms with Crippen molar-refractivity contribution in [3.05, 3.63) is 55.1 Å². The van der Waals surface area contributed by atoms with Crippen LogP contribution in [-0.4, -0.2) is 73.5 Å². The number of carbonyl (C=O) groups excluding carboxylic acids is 2. The highest BCUT2D eigenvalue weighted by atomic mass is 79.9. The number of hydrogen-bond donors (Lipinski definition) is 2. The minimum Gasteiger partial charge on any atom is -0.481 e. The third kappa shape index (κ3) is 4.46. The van der Waals surface area contributed by atoms with E-state index >= 15 is 0 Å². The first-order valence-electron chi connectivity index (χ1n) is 13.2. The number of likely N-dealkylation sites (tertiary alicyclic amines) is 1. The van der Waals surface area contributed by atoms with Crippen LogP contribution in [0, 0.1) is 11.8 Å². The Labute approximate surface area is 235 Å². The number of benzene rings is 2. The third-order valence-electron chi connectivity index (χ3n) is 8.24. The van der Waals surface area contributed by atoms with Crippen molar-refractivity contribution in [1.29, 1.82) is 0 Å². The number of carboxylic acid groups (broad SMARTS) is 1. The first kappa shape index (κ1) is 27.2. The minimum atomic E-state index is -0.972. The molecule has 0 aliphatic carbocycles. The van der Waals surface area contributed by atoms with E-state index in [4.69, 9.17) is 5.11 Å². The molecule has 0 aromatic heterocycles. The van der Waals surface area contributed by atoms with Gasteiger partial charge in [-0.05, 0) is 42.2 Å². The number of thioether (sulfide) groups is 1. The Hall–Kier alpha value is -2.36. The maximum atomic E-state index is 14.5. The maximum Gasteiger partial charge on any atom is 0.308 e. The van der Waals surface area contributed by atoms with Crippen molar-refractivity contribution in [2.24, 2.45) is 11.8 Å². The van der Waals surface area contributed by atoms with E-state index in [0.29, 0.717) is 25.8 Å². The molecular weight excluding hydrogens is 568 g/mol. The Morgan fingerprint density at radius 1 is 1.16 bits per heavy atom. The molecule has 3 saturated heterocycles. The zero-order chi connectivity index (χ0) is 27.0. The monoisotopic (exact) mass is 600 g/mol. The normalized spacial score (nSPS) is 29.6. The van der Waals surface area contributed by atoms with Crippen molar-refractivity contribution in [2.45, 2.75) is 53.0 Å². The second kappa shape index (κ2) is 11.0. The molecule has 9 heteroatoms. The average molecular weight is 602 g/mol. The predicted molar refractivity (Wildman–Crippen MR) is 154 cm³/mol. The molecule has 7 nitrogen and oxygen atoms in total. The molecule has 2 bridgehead atoms. The number of amides is 2. The van der Waals surface area contributed by atoms with E-state index in [1.807, 2.05) is 42.5 Å². The van der Waals surface area contributed by atoms with Crippen molar-refractivity contribution in [2.75, 3.05) is 24.6 Å². The standard InChI is InChI=1S/C29H33BrN2O5S/c1-2-13-31(20-12-11-18-9-5-6-10-19(18)16-20)27(35)25-29-17-21(30)24(38-29)22(28(36)37)23(29)26(34)32(25)14-7-3-4-8-15-33/h2,5-6,9-12,16,21-25,33H,1,3-4,7-8,13-15,17H2,(H,36,37)/t21?,22-,23+,24-,25?,29?/m1/s1. The summed E-state index contributed by atoms with van der Waals surface area (Å²) >= 11 is 5.22. The quantitative estimate of drug-likeness (QED) is 0.224. The summed E-state index contributed by atoms with van der Waals surface area (Å²) in [4.78, 5) is 44.1. The number of alkyl halides is 1. The zero-order valence-electron chi connectivity index (χ0n) is 21.2. The van der Waals surface area contributed by atoms with Crippen LogP contribution in [0.25, 0.3) is 10.8 Å². The fraction of sp³-hybridized carbons (Fsp3) is 0.483. The van der Waals surface area contributed by atoms with Crippen LogP contribution in [-0.2, 0) is 14.4 Å². The van der Waals surface area contributed by atoms with Gasteiger partial charge < -0.3 is 20.0 Å². The second-order valence-corrected chi connectivity index (χ2v) is 13.2. The Morgan fingerprint density at radius 2 is 1.89 bits per heavy atom. The summed E-state index contributed by atoms with van der Waals surface area (Å²) < 4.78 is -0.794. The van der Waals surface area contributed by atoms with Gasteiger partial charge in [-0.3, -0.25) is 14.4 Å². The Bertz CT molecular complexity index is 1260. The summed E-state index contributed by atoms with van der Waals surface area (Å²) in [7, 11) is 0. The van der Waals surface area contributed by atoms with Crippen molar-refractivity contribution >= 4 is 61.9 Å². The molecule has 2 N–H and O–H groups in total. The van der Waals surface area contributed by atoms with E-state index in [0.717, 1.165) is 29.3 Å². The summed E-state index contributed by atoms with van der Waals surface area (Å²) in [5.74, 6) is -2.93. The van der Waals surface area contributed by atoms with Gasteiger partial charge in [0.15, 0.2) is 0 Å². The van der Waals surface area contributed by atoms with Gasteiger partial charge in [0, 0.05) is 35.5 Å². The molecule has 3 aliphatic heterocycles. The van der Waals surface area contributed by atoms with Crippen LogP contribution >= 0.6 is 27.7 Å². The highest BCUT2D eigenvalue weighted by Gasteiger charge is 2.76. The number of fused-ring (bicyclic) bond motifs is 2. The van der Waals surface area contributed by atoms with Gasteiger partial charge in [0.05, 0.1) is 16.6 Å². The summed E-state index contributed by atoms with van der Waals surface area (Å²) in [6.45, 7) is 4.68. The van der Waals surface area contributed by atoms with Crippen LogP contribution < -0.4 is 4.90 Å². The smallest absolute Gasteiger partial charge is 0.308 e. The number of carboxylic acids is 1. The molecule has 38 heavy (non-hydrogen) atoms. The van der Waals surface area contributed by atoms with Gasteiger partial charge in [0.1, 0.15) is 6.04 Å².